The molecule has 0 bridgehead atoms. The fourth-order valence-electron chi connectivity index (χ4n) is 3.44. The molecule has 1 heterocycles. The van der Waals surface area contributed by atoms with E-state index in [4.69, 9.17) is 9.47 Å². The Labute approximate surface area is 201 Å². The molecular weight excluding hydrogens is 454 g/mol. The molecule has 2 aromatic rings. The Kier molecular flexibility index (Phi) is 9.09. The number of nitrogens with zero attached hydrogens (tertiary/aromatic N) is 1. The third kappa shape index (κ3) is 7.34. The van der Waals surface area contributed by atoms with Crippen LogP contribution in [-0.4, -0.2) is 39.9 Å². The third-order valence-electron chi connectivity index (χ3n) is 5.03. The Balaban J connectivity index is 1.67. The van der Waals surface area contributed by atoms with Gasteiger partial charge < -0.3 is 14.8 Å². The van der Waals surface area contributed by atoms with Gasteiger partial charge in [0.2, 0.25) is 5.91 Å². The minimum Gasteiger partial charge on any atom is -0.490 e. The minimum atomic E-state index is -3.78. The van der Waals surface area contributed by atoms with Crippen molar-refractivity contribution in [2.24, 2.45) is 4.99 Å². The van der Waals surface area contributed by atoms with Crippen LogP contribution in [0.15, 0.2) is 58.4 Å². The molecule has 0 aliphatic carbocycles. The van der Waals surface area contributed by atoms with Gasteiger partial charge in [-0.05, 0) is 68.7 Å². The SMILES string of the molecule is CCOc1ccc(C=CC(=O)Nc2cccc(S(=O)(=O)NC3=NCCCCC3)c2)cc1OCC. The Hall–Kier alpha value is -3.33. The maximum absolute atomic E-state index is 12.8. The van der Waals surface area contributed by atoms with Crippen molar-refractivity contribution in [2.75, 3.05) is 25.1 Å². The van der Waals surface area contributed by atoms with Gasteiger partial charge in [-0.2, -0.15) is 0 Å². The van der Waals surface area contributed by atoms with Crippen molar-refractivity contribution < 1.29 is 22.7 Å². The Bertz CT molecular complexity index is 1160. The highest BCUT2D eigenvalue weighted by atomic mass is 32.2. The van der Waals surface area contributed by atoms with E-state index in [-0.39, 0.29) is 10.8 Å². The second kappa shape index (κ2) is 12.2. The smallest absolute Gasteiger partial charge is 0.262 e. The number of rotatable bonds is 9. The number of nitrogens with one attached hydrogen (secondary N) is 2. The number of hydrogen-bond acceptors (Lipinski definition) is 6. The van der Waals surface area contributed by atoms with Gasteiger partial charge in [0.1, 0.15) is 5.84 Å². The van der Waals surface area contributed by atoms with Gasteiger partial charge in [0, 0.05) is 24.7 Å². The van der Waals surface area contributed by atoms with Crippen LogP contribution in [0.5, 0.6) is 11.5 Å². The van der Waals surface area contributed by atoms with Crippen molar-refractivity contribution in [1.82, 2.24) is 4.72 Å². The zero-order valence-corrected chi connectivity index (χ0v) is 20.4. The molecule has 0 radical (unpaired) electrons. The molecule has 3 rings (SSSR count). The van der Waals surface area contributed by atoms with Gasteiger partial charge >= 0.3 is 0 Å². The monoisotopic (exact) mass is 485 g/mol. The maximum Gasteiger partial charge on any atom is 0.262 e. The van der Waals surface area contributed by atoms with Crippen LogP contribution in [0.4, 0.5) is 5.69 Å². The molecule has 8 nitrogen and oxygen atoms in total. The first-order valence-electron chi connectivity index (χ1n) is 11.5. The van der Waals surface area contributed by atoms with Crippen molar-refractivity contribution in [1.29, 1.82) is 0 Å². The lowest BCUT2D eigenvalue weighted by Gasteiger charge is -2.11. The van der Waals surface area contributed by atoms with Crippen LogP contribution < -0.4 is 19.5 Å². The van der Waals surface area contributed by atoms with E-state index >= 15 is 0 Å². The zero-order valence-electron chi connectivity index (χ0n) is 19.5. The quantitative estimate of drug-likeness (QED) is 0.513. The fourth-order valence-corrected chi connectivity index (χ4v) is 4.57. The lowest BCUT2D eigenvalue weighted by molar-refractivity contribution is -0.111. The highest BCUT2D eigenvalue weighted by Gasteiger charge is 2.18. The van der Waals surface area contributed by atoms with Crippen LogP contribution in [0.25, 0.3) is 6.08 Å². The van der Waals surface area contributed by atoms with Gasteiger partial charge in [0.25, 0.3) is 10.0 Å². The minimum absolute atomic E-state index is 0.0640. The largest absolute Gasteiger partial charge is 0.490 e. The number of aliphatic imine (C=N–C) groups is 1. The molecule has 0 unspecified atom stereocenters. The first-order chi connectivity index (χ1) is 16.4. The normalized spacial score (nSPS) is 14.2. The summed E-state index contributed by atoms with van der Waals surface area (Å²) < 4.78 is 39.3. The first kappa shape index (κ1) is 25.3. The molecule has 1 aliphatic rings. The predicted octanol–water partition coefficient (Wildman–Crippen LogP) is 4.39. The van der Waals surface area contributed by atoms with Crippen LogP contribution in [-0.2, 0) is 14.8 Å². The molecule has 2 N–H and O–H groups in total. The van der Waals surface area contributed by atoms with E-state index in [1.165, 1.54) is 18.2 Å². The fraction of sp³-hybridized carbons (Fsp3) is 0.360. The van der Waals surface area contributed by atoms with Gasteiger partial charge in [-0.3, -0.25) is 14.5 Å². The highest BCUT2D eigenvalue weighted by molar-refractivity contribution is 7.90. The number of benzene rings is 2. The first-order valence-corrected chi connectivity index (χ1v) is 12.9. The van der Waals surface area contributed by atoms with Gasteiger partial charge in [-0.25, -0.2) is 8.42 Å². The van der Waals surface area contributed by atoms with E-state index in [1.54, 1.807) is 30.3 Å². The molecule has 0 aromatic heterocycles. The summed E-state index contributed by atoms with van der Waals surface area (Å²) in [4.78, 5) is 16.8. The second-order valence-corrected chi connectivity index (χ2v) is 9.35. The predicted molar refractivity (Wildman–Crippen MR) is 134 cm³/mol. The standard InChI is InChI=1S/C25H31N3O5S/c1-3-32-22-14-12-19(17-23(22)33-4-2)13-15-25(29)27-20-9-8-10-21(18-20)34(30,31)28-24-11-6-5-7-16-26-24/h8-10,12-15,17-18H,3-7,11,16H2,1-2H3,(H,26,28)(H,27,29). The number of anilines is 1. The van der Waals surface area contributed by atoms with Crippen LogP contribution in [0.3, 0.4) is 0 Å². The average Bonchev–Trinajstić information content (AvgIpc) is 3.08. The van der Waals surface area contributed by atoms with Crippen LogP contribution in [0, 0.1) is 0 Å². The summed E-state index contributed by atoms with van der Waals surface area (Å²) in [6, 6.07) is 11.6. The Morgan fingerprint density at radius 2 is 1.82 bits per heavy atom. The molecule has 1 amide bonds. The second-order valence-electron chi connectivity index (χ2n) is 7.67. The lowest BCUT2D eigenvalue weighted by atomic mass is 10.2. The van der Waals surface area contributed by atoms with Crippen LogP contribution >= 0.6 is 0 Å². The van der Waals surface area contributed by atoms with E-state index < -0.39 is 10.0 Å². The number of ether oxygens (including phenoxy) is 2. The van der Waals surface area contributed by atoms with Crippen molar-refractivity contribution in [3.63, 3.8) is 0 Å². The van der Waals surface area contributed by atoms with Crippen molar-refractivity contribution in [3.05, 3.63) is 54.1 Å². The van der Waals surface area contributed by atoms with E-state index in [2.05, 4.69) is 15.0 Å². The molecule has 182 valence electrons. The van der Waals surface area contributed by atoms with Gasteiger partial charge in [-0.15, -0.1) is 0 Å². The molecule has 9 heteroatoms. The molecule has 0 fully saturated rings. The van der Waals surface area contributed by atoms with Gasteiger partial charge in [0.15, 0.2) is 11.5 Å². The molecule has 0 spiro atoms. The third-order valence-corrected chi connectivity index (χ3v) is 6.41. The zero-order chi connectivity index (χ0) is 24.4. The summed E-state index contributed by atoms with van der Waals surface area (Å²) in [7, 11) is -3.78. The Morgan fingerprint density at radius 1 is 1.03 bits per heavy atom. The number of carbonyl (C=O) groups excluding carboxylic acids is 1. The summed E-state index contributed by atoms with van der Waals surface area (Å²) in [5, 5.41) is 2.71. The maximum atomic E-state index is 12.8. The van der Waals surface area contributed by atoms with Crippen molar-refractivity contribution >= 4 is 33.5 Å². The molecule has 0 saturated carbocycles. The highest BCUT2D eigenvalue weighted by Crippen LogP contribution is 2.29. The summed E-state index contributed by atoms with van der Waals surface area (Å²) in [5.74, 6) is 1.35. The Morgan fingerprint density at radius 3 is 2.62 bits per heavy atom. The summed E-state index contributed by atoms with van der Waals surface area (Å²) in [5.41, 5.74) is 1.15. The van der Waals surface area contributed by atoms with E-state index in [9.17, 15) is 13.2 Å². The van der Waals surface area contributed by atoms with E-state index in [0.29, 0.717) is 49.2 Å². The topological polar surface area (TPSA) is 106 Å². The molecule has 0 saturated heterocycles. The lowest BCUT2D eigenvalue weighted by Crippen LogP contribution is -2.30. The van der Waals surface area contributed by atoms with Crippen molar-refractivity contribution in [2.45, 2.75) is 44.4 Å². The number of hydrogen-bond donors (Lipinski definition) is 2. The number of sulfonamides is 1. The molecular formula is C25H31N3O5S. The number of amidine groups is 1. The summed E-state index contributed by atoms with van der Waals surface area (Å²) in [6.07, 6.45) is 6.55. The van der Waals surface area contributed by atoms with E-state index in [0.717, 1.165) is 24.8 Å². The summed E-state index contributed by atoms with van der Waals surface area (Å²) in [6.45, 7) is 5.43. The molecule has 2 aromatic carbocycles. The van der Waals surface area contributed by atoms with Gasteiger partial charge in [-0.1, -0.05) is 18.6 Å². The number of amides is 1. The molecule has 1 aliphatic heterocycles. The van der Waals surface area contributed by atoms with Crippen LogP contribution in [0.2, 0.25) is 0 Å². The van der Waals surface area contributed by atoms with Crippen LogP contribution in [0.1, 0.15) is 45.1 Å². The molecule has 0 atom stereocenters. The summed E-state index contributed by atoms with van der Waals surface area (Å²) >= 11 is 0. The van der Waals surface area contributed by atoms with Gasteiger partial charge in [0.05, 0.1) is 18.1 Å². The van der Waals surface area contributed by atoms with Crippen molar-refractivity contribution in [3.8, 4) is 11.5 Å². The number of carbonyl (C=O) groups is 1. The van der Waals surface area contributed by atoms with E-state index in [1.807, 2.05) is 19.9 Å². The average molecular weight is 486 g/mol. The molecule has 34 heavy (non-hydrogen) atoms.